The topological polar surface area (TPSA) is 0 Å². The van der Waals surface area contributed by atoms with Crippen LogP contribution in [0.4, 0.5) is 0 Å². The molecule has 0 fully saturated rings. The van der Waals surface area contributed by atoms with Gasteiger partial charge in [-0.3, -0.25) is 0 Å². The van der Waals surface area contributed by atoms with Crippen LogP contribution in [0.25, 0.3) is 0 Å². The van der Waals surface area contributed by atoms with Gasteiger partial charge in [-0.05, 0) is 45.5 Å². The lowest BCUT2D eigenvalue weighted by atomic mass is 9.44. The average molecular weight is 347 g/mol. The third-order valence-electron chi connectivity index (χ3n) is 7.70. The summed E-state index contributed by atoms with van der Waals surface area (Å²) in [6.07, 6.45) is 18.4. The van der Waals surface area contributed by atoms with Crippen molar-refractivity contribution in [3.63, 3.8) is 0 Å². The second kappa shape index (κ2) is 5.03. The summed E-state index contributed by atoms with van der Waals surface area (Å²) in [4.78, 5) is 0. The number of rotatable bonds is 0. The molecule has 0 bridgehead atoms. The highest BCUT2D eigenvalue weighted by molar-refractivity contribution is 5.65. The highest BCUT2D eigenvalue weighted by Gasteiger charge is 2.57. The molecule has 0 amide bonds. The van der Waals surface area contributed by atoms with Crippen LogP contribution in [-0.4, -0.2) is 0 Å². The monoisotopic (exact) mass is 346 g/mol. The van der Waals surface area contributed by atoms with Crippen molar-refractivity contribution in [3.05, 3.63) is 70.4 Å². The minimum absolute atomic E-state index is 0.0509. The second-order valence-electron chi connectivity index (χ2n) is 11.1. The van der Waals surface area contributed by atoms with E-state index in [9.17, 15) is 0 Å². The van der Waals surface area contributed by atoms with E-state index in [2.05, 4.69) is 97.9 Å². The molecule has 0 aromatic heterocycles. The van der Waals surface area contributed by atoms with E-state index in [-0.39, 0.29) is 16.2 Å². The van der Waals surface area contributed by atoms with Gasteiger partial charge in [0.1, 0.15) is 0 Å². The smallest absolute Gasteiger partial charge is 0.0306 e. The lowest BCUT2D eigenvalue weighted by molar-refractivity contribution is 0.192. The molecular formula is C26H34. The molecule has 0 heterocycles. The zero-order chi connectivity index (χ0) is 19.1. The number of hydrogen-bond donors (Lipinski definition) is 0. The summed E-state index contributed by atoms with van der Waals surface area (Å²) in [5.74, 6) is 0.606. The maximum absolute atomic E-state index is 2.59. The Labute approximate surface area is 160 Å². The molecule has 0 heteroatoms. The molecule has 138 valence electrons. The van der Waals surface area contributed by atoms with Crippen molar-refractivity contribution >= 4 is 0 Å². The zero-order valence-electron chi connectivity index (χ0n) is 17.8. The van der Waals surface area contributed by atoms with Gasteiger partial charge in [0.25, 0.3) is 0 Å². The Kier molecular flexibility index (Phi) is 3.45. The molecule has 0 aromatic rings. The zero-order valence-corrected chi connectivity index (χ0v) is 17.8. The average Bonchev–Trinajstić information content (AvgIpc) is 2.50. The van der Waals surface area contributed by atoms with Gasteiger partial charge in [-0.2, -0.15) is 0 Å². The van der Waals surface area contributed by atoms with Crippen molar-refractivity contribution in [2.75, 3.05) is 0 Å². The van der Waals surface area contributed by atoms with Crippen LogP contribution in [0.15, 0.2) is 70.4 Å². The Morgan fingerprint density at radius 3 is 2.08 bits per heavy atom. The predicted octanol–water partition coefficient (Wildman–Crippen LogP) is 7.34. The Morgan fingerprint density at radius 2 is 1.46 bits per heavy atom. The number of hydrogen-bond acceptors (Lipinski definition) is 0. The van der Waals surface area contributed by atoms with Gasteiger partial charge < -0.3 is 0 Å². The largest absolute Gasteiger partial charge is 0.0764 e. The molecule has 0 radical (unpaired) electrons. The summed E-state index contributed by atoms with van der Waals surface area (Å²) in [5, 5.41) is 0. The second-order valence-corrected chi connectivity index (χ2v) is 11.1. The summed E-state index contributed by atoms with van der Waals surface area (Å²) < 4.78 is 0. The molecule has 0 saturated heterocycles. The van der Waals surface area contributed by atoms with Crippen LogP contribution in [-0.2, 0) is 0 Å². The van der Waals surface area contributed by atoms with Crippen LogP contribution < -0.4 is 0 Å². The summed E-state index contributed by atoms with van der Waals surface area (Å²) >= 11 is 0. The molecule has 4 aliphatic rings. The first-order chi connectivity index (χ1) is 11.9. The van der Waals surface area contributed by atoms with Crippen molar-refractivity contribution in [1.82, 2.24) is 0 Å². The highest BCUT2D eigenvalue weighted by Crippen LogP contribution is 2.67. The quantitative estimate of drug-likeness (QED) is 0.430. The van der Waals surface area contributed by atoms with E-state index in [0.29, 0.717) is 11.3 Å². The molecule has 26 heavy (non-hydrogen) atoms. The lowest BCUT2D eigenvalue weighted by Crippen LogP contribution is -2.49. The molecule has 0 spiro atoms. The summed E-state index contributed by atoms with van der Waals surface area (Å²) in [6.45, 7) is 19.0. The van der Waals surface area contributed by atoms with Gasteiger partial charge in [-0.25, -0.2) is 0 Å². The maximum Gasteiger partial charge on any atom is 0.0306 e. The summed E-state index contributed by atoms with van der Waals surface area (Å²) in [7, 11) is 0. The Hall–Kier alpha value is -1.56. The molecule has 4 aliphatic carbocycles. The Bertz CT molecular complexity index is 849. The van der Waals surface area contributed by atoms with Crippen LogP contribution in [0.1, 0.15) is 61.8 Å². The SMILES string of the molecule is CC(C)(C)C1=CC2=CC=C3C[C@H](C(C)(C)C)C=C4C=CC(=C1)C2(C)[C@@]43C. The number of allylic oxidation sites excluding steroid dienone is 12. The van der Waals surface area contributed by atoms with E-state index in [0.717, 1.165) is 0 Å². The maximum atomic E-state index is 2.59. The molecule has 0 nitrogen and oxygen atoms in total. The molecule has 0 N–H and O–H groups in total. The van der Waals surface area contributed by atoms with E-state index < -0.39 is 0 Å². The van der Waals surface area contributed by atoms with Gasteiger partial charge in [0.2, 0.25) is 0 Å². The standard InChI is InChI=1S/C26H34/c1-23(2,3)21-13-17-9-11-19-15-22(24(4,5)6)16-20-12-10-18(14-21)25(17,7)26(19,20)8/h9-15,22H,16H2,1-8H3/t22-,25?,26+/m1/s1. The van der Waals surface area contributed by atoms with Crippen LogP contribution in [0, 0.1) is 27.6 Å². The van der Waals surface area contributed by atoms with Gasteiger partial charge >= 0.3 is 0 Å². The highest BCUT2D eigenvalue weighted by atomic mass is 14.6. The summed E-state index contributed by atoms with van der Waals surface area (Å²) in [6, 6.07) is 0. The van der Waals surface area contributed by atoms with Gasteiger partial charge in [-0.1, -0.05) is 103 Å². The van der Waals surface area contributed by atoms with E-state index in [1.165, 1.54) is 28.7 Å². The van der Waals surface area contributed by atoms with Crippen LogP contribution in [0.2, 0.25) is 0 Å². The van der Waals surface area contributed by atoms with Gasteiger partial charge in [0.05, 0.1) is 0 Å². The normalized spacial score (nSPS) is 35.7. The molecular weight excluding hydrogens is 312 g/mol. The molecule has 0 saturated carbocycles. The fourth-order valence-electron chi connectivity index (χ4n) is 5.33. The minimum Gasteiger partial charge on any atom is -0.0764 e. The first-order valence-electron chi connectivity index (χ1n) is 10.1. The molecule has 0 aromatic carbocycles. The van der Waals surface area contributed by atoms with Crippen LogP contribution in [0.5, 0.6) is 0 Å². The fourth-order valence-corrected chi connectivity index (χ4v) is 5.33. The van der Waals surface area contributed by atoms with Crippen molar-refractivity contribution in [3.8, 4) is 0 Å². The van der Waals surface area contributed by atoms with E-state index in [1.807, 2.05) is 0 Å². The molecule has 4 rings (SSSR count). The lowest BCUT2D eigenvalue weighted by Gasteiger charge is -2.59. The third kappa shape index (κ3) is 2.14. The van der Waals surface area contributed by atoms with Gasteiger partial charge in [0.15, 0.2) is 0 Å². The van der Waals surface area contributed by atoms with Crippen LogP contribution in [0.3, 0.4) is 0 Å². The van der Waals surface area contributed by atoms with E-state index >= 15 is 0 Å². The van der Waals surface area contributed by atoms with Crippen molar-refractivity contribution < 1.29 is 0 Å². The third-order valence-corrected chi connectivity index (χ3v) is 7.70. The van der Waals surface area contributed by atoms with Crippen molar-refractivity contribution in [2.45, 2.75) is 61.8 Å². The minimum atomic E-state index is 0.0509. The first kappa shape index (κ1) is 17.8. The van der Waals surface area contributed by atoms with E-state index in [4.69, 9.17) is 0 Å². The van der Waals surface area contributed by atoms with Crippen molar-refractivity contribution in [2.24, 2.45) is 27.6 Å². The summed E-state index contributed by atoms with van der Waals surface area (Å²) in [5.41, 5.74) is 8.15. The van der Waals surface area contributed by atoms with Crippen molar-refractivity contribution in [1.29, 1.82) is 0 Å². The van der Waals surface area contributed by atoms with Gasteiger partial charge in [-0.15, -0.1) is 0 Å². The fraction of sp³-hybridized carbons (Fsp3) is 0.538. The van der Waals surface area contributed by atoms with Gasteiger partial charge in [0, 0.05) is 10.8 Å². The molecule has 0 aliphatic heterocycles. The van der Waals surface area contributed by atoms with Crippen LogP contribution >= 0.6 is 0 Å². The Morgan fingerprint density at radius 1 is 0.808 bits per heavy atom. The Balaban J connectivity index is 1.96. The molecule has 3 atom stereocenters. The predicted molar refractivity (Wildman–Crippen MR) is 113 cm³/mol. The first-order valence-corrected chi connectivity index (χ1v) is 10.1. The van der Waals surface area contributed by atoms with E-state index in [1.54, 1.807) is 5.57 Å². The molecule has 1 unspecified atom stereocenters.